The molecule has 0 atom stereocenters. The summed E-state index contributed by atoms with van der Waals surface area (Å²) in [5.74, 6) is 0.0557. The van der Waals surface area contributed by atoms with Gasteiger partial charge in [-0.1, -0.05) is 18.0 Å². The Hall–Kier alpha value is -1.78. The monoisotopic (exact) mass is 274 g/mol. The molecule has 0 radical (unpaired) electrons. The van der Waals surface area contributed by atoms with E-state index in [2.05, 4.69) is 15.0 Å². The summed E-state index contributed by atoms with van der Waals surface area (Å²) in [6.45, 7) is 2.23. The fourth-order valence-electron chi connectivity index (χ4n) is 3.64. The van der Waals surface area contributed by atoms with Gasteiger partial charge in [0.1, 0.15) is 5.69 Å². The minimum Gasteiger partial charge on any atom is -0.409 e. The fraction of sp³-hybridized carbons (Fsp3) is 0.600. The first kappa shape index (κ1) is 13.2. The van der Waals surface area contributed by atoms with Crippen LogP contribution < -0.4 is 10.6 Å². The lowest BCUT2D eigenvalue weighted by atomic mass is 9.77. The van der Waals surface area contributed by atoms with Crippen LogP contribution in [0.25, 0.3) is 0 Å². The molecule has 1 aliphatic carbocycles. The fourth-order valence-corrected chi connectivity index (χ4v) is 3.64. The molecule has 0 unspecified atom stereocenters. The third kappa shape index (κ3) is 2.44. The van der Waals surface area contributed by atoms with E-state index in [0.29, 0.717) is 11.1 Å². The van der Waals surface area contributed by atoms with Gasteiger partial charge in [-0.3, -0.25) is 4.98 Å². The van der Waals surface area contributed by atoms with Crippen LogP contribution in [0.2, 0.25) is 0 Å². The zero-order valence-electron chi connectivity index (χ0n) is 11.8. The van der Waals surface area contributed by atoms with E-state index in [1.54, 1.807) is 0 Å². The Balaban J connectivity index is 1.66. The Morgan fingerprint density at radius 1 is 1.20 bits per heavy atom. The van der Waals surface area contributed by atoms with Gasteiger partial charge in [0, 0.05) is 13.1 Å². The first-order valence-corrected chi connectivity index (χ1v) is 7.41. The molecule has 0 aromatic carbocycles. The van der Waals surface area contributed by atoms with Crippen LogP contribution in [0, 0.1) is 5.41 Å². The van der Waals surface area contributed by atoms with Crippen LogP contribution in [0.1, 0.15) is 44.2 Å². The van der Waals surface area contributed by atoms with Crippen molar-refractivity contribution in [2.45, 2.75) is 38.5 Å². The minimum atomic E-state index is 0.0557. The smallest absolute Gasteiger partial charge is 0.188 e. The third-order valence-corrected chi connectivity index (χ3v) is 4.97. The average Bonchev–Trinajstić information content (AvgIpc) is 2.96. The molecule has 2 heterocycles. The molecule has 108 valence electrons. The lowest BCUT2D eigenvalue weighted by Crippen LogP contribution is -2.38. The highest BCUT2D eigenvalue weighted by atomic mass is 16.4. The molecule has 1 saturated heterocycles. The highest BCUT2D eigenvalue weighted by molar-refractivity contribution is 5.95. The summed E-state index contributed by atoms with van der Waals surface area (Å²) in [6.07, 6.45) is 10.1. The molecule has 1 aromatic heterocycles. The predicted molar refractivity (Wildman–Crippen MR) is 79.1 cm³/mol. The summed E-state index contributed by atoms with van der Waals surface area (Å²) >= 11 is 0. The van der Waals surface area contributed by atoms with Crippen molar-refractivity contribution >= 4 is 11.5 Å². The number of pyridine rings is 1. The number of nitrogens with two attached hydrogens (primary N) is 1. The molecule has 1 spiro atoms. The zero-order valence-corrected chi connectivity index (χ0v) is 11.8. The number of anilines is 1. The average molecular weight is 274 g/mol. The normalized spacial score (nSPS) is 22.4. The minimum absolute atomic E-state index is 0.0557. The second-order valence-corrected chi connectivity index (χ2v) is 6.08. The van der Waals surface area contributed by atoms with E-state index in [-0.39, 0.29) is 5.84 Å². The number of hydrogen-bond donors (Lipinski definition) is 2. The number of amidine groups is 1. The van der Waals surface area contributed by atoms with Crippen LogP contribution in [0.4, 0.5) is 5.69 Å². The molecule has 1 aliphatic heterocycles. The summed E-state index contributed by atoms with van der Waals surface area (Å²) in [4.78, 5) is 6.65. The van der Waals surface area contributed by atoms with E-state index in [0.717, 1.165) is 18.8 Å². The number of oxime groups is 1. The van der Waals surface area contributed by atoms with Crippen LogP contribution >= 0.6 is 0 Å². The maximum absolute atomic E-state index is 8.64. The molecule has 0 bridgehead atoms. The van der Waals surface area contributed by atoms with E-state index in [4.69, 9.17) is 10.9 Å². The number of hydrogen-bond acceptors (Lipinski definition) is 4. The van der Waals surface area contributed by atoms with Gasteiger partial charge in [0.2, 0.25) is 0 Å². The first-order valence-electron chi connectivity index (χ1n) is 7.41. The van der Waals surface area contributed by atoms with Crippen molar-refractivity contribution in [1.29, 1.82) is 0 Å². The van der Waals surface area contributed by atoms with Crippen molar-refractivity contribution in [2.24, 2.45) is 16.3 Å². The van der Waals surface area contributed by atoms with Gasteiger partial charge in [0.05, 0.1) is 11.9 Å². The van der Waals surface area contributed by atoms with Crippen molar-refractivity contribution < 1.29 is 5.21 Å². The lowest BCUT2D eigenvalue weighted by Gasteiger charge is -2.40. The van der Waals surface area contributed by atoms with Crippen LogP contribution in [0.5, 0.6) is 0 Å². The largest absolute Gasteiger partial charge is 0.409 e. The standard InChI is InChI=1S/C15H22N4O/c16-14(18-20)13-4-3-12(11-17-13)19-9-7-15(8-10-19)5-1-2-6-15/h3-4,11,20H,1-2,5-10H2,(H2,16,18). The van der Waals surface area contributed by atoms with Crippen molar-refractivity contribution in [3.63, 3.8) is 0 Å². The molecule has 2 aliphatic rings. The highest BCUT2D eigenvalue weighted by Crippen LogP contribution is 2.46. The quantitative estimate of drug-likeness (QED) is 0.376. The molecule has 0 amide bonds. The summed E-state index contributed by atoms with van der Waals surface area (Å²) in [6, 6.07) is 3.82. The van der Waals surface area contributed by atoms with E-state index in [1.165, 1.54) is 38.5 Å². The van der Waals surface area contributed by atoms with Gasteiger partial charge in [-0.2, -0.15) is 0 Å². The predicted octanol–water partition coefficient (Wildman–Crippen LogP) is 2.34. The Labute approximate surface area is 119 Å². The van der Waals surface area contributed by atoms with Crippen molar-refractivity contribution in [3.8, 4) is 0 Å². The Bertz CT molecular complexity index is 481. The SMILES string of the molecule is N/C(=N/O)c1ccc(N2CCC3(CCCC3)CC2)cn1. The molecular weight excluding hydrogens is 252 g/mol. The first-order chi connectivity index (χ1) is 9.72. The van der Waals surface area contributed by atoms with Gasteiger partial charge >= 0.3 is 0 Å². The van der Waals surface area contributed by atoms with Gasteiger partial charge < -0.3 is 15.8 Å². The highest BCUT2D eigenvalue weighted by Gasteiger charge is 2.36. The number of rotatable bonds is 2. The van der Waals surface area contributed by atoms with Gasteiger partial charge in [-0.25, -0.2) is 0 Å². The van der Waals surface area contributed by atoms with Crippen LogP contribution in [0.3, 0.4) is 0 Å². The number of piperidine rings is 1. The zero-order chi connectivity index (χ0) is 14.0. The molecular formula is C15H22N4O. The molecule has 5 nitrogen and oxygen atoms in total. The molecule has 3 N–H and O–H groups in total. The van der Waals surface area contributed by atoms with Gasteiger partial charge in [0.15, 0.2) is 5.84 Å². The molecule has 1 saturated carbocycles. The third-order valence-electron chi connectivity index (χ3n) is 4.97. The molecule has 2 fully saturated rings. The van der Waals surface area contributed by atoms with Crippen molar-refractivity contribution in [3.05, 3.63) is 24.0 Å². The van der Waals surface area contributed by atoms with E-state index in [1.807, 2.05) is 18.3 Å². The number of aromatic nitrogens is 1. The van der Waals surface area contributed by atoms with E-state index >= 15 is 0 Å². The molecule has 20 heavy (non-hydrogen) atoms. The summed E-state index contributed by atoms with van der Waals surface area (Å²) < 4.78 is 0. The Kier molecular flexibility index (Phi) is 3.51. The van der Waals surface area contributed by atoms with Crippen LogP contribution in [0.15, 0.2) is 23.5 Å². The van der Waals surface area contributed by atoms with Crippen LogP contribution in [-0.4, -0.2) is 29.1 Å². The van der Waals surface area contributed by atoms with Gasteiger partial charge in [-0.15, -0.1) is 0 Å². The van der Waals surface area contributed by atoms with E-state index < -0.39 is 0 Å². The number of nitrogens with zero attached hydrogens (tertiary/aromatic N) is 3. The van der Waals surface area contributed by atoms with Crippen molar-refractivity contribution in [2.75, 3.05) is 18.0 Å². The summed E-state index contributed by atoms with van der Waals surface area (Å²) in [5, 5.41) is 11.6. The molecule has 5 heteroatoms. The second kappa shape index (κ2) is 5.31. The van der Waals surface area contributed by atoms with E-state index in [9.17, 15) is 0 Å². The van der Waals surface area contributed by atoms with Gasteiger partial charge in [0.25, 0.3) is 0 Å². The topological polar surface area (TPSA) is 74.7 Å². The second-order valence-electron chi connectivity index (χ2n) is 6.08. The maximum atomic E-state index is 8.64. The Morgan fingerprint density at radius 3 is 2.45 bits per heavy atom. The maximum Gasteiger partial charge on any atom is 0.188 e. The van der Waals surface area contributed by atoms with Crippen molar-refractivity contribution in [1.82, 2.24) is 4.98 Å². The van der Waals surface area contributed by atoms with Gasteiger partial charge in [-0.05, 0) is 43.2 Å². The molecule has 1 aromatic rings. The van der Waals surface area contributed by atoms with Crippen LogP contribution in [-0.2, 0) is 0 Å². The summed E-state index contributed by atoms with van der Waals surface area (Å²) in [7, 11) is 0. The lowest BCUT2D eigenvalue weighted by molar-refractivity contribution is 0.226. The summed E-state index contributed by atoms with van der Waals surface area (Å²) in [5.41, 5.74) is 7.81. The Morgan fingerprint density at radius 2 is 1.90 bits per heavy atom. The molecule has 3 rings (SSSR count).